The van der Waals surface area contributed by atoms with Crippen molar-refractivity contribution < 1.29 is 74.1 Å². The molecule has 0 bridgehead atoms. The fourth-order valence-electron chi connectivity index (χ4n) is 1.50. The third-order valence-electron chi connectivity index (χ3n) is 2.52. The average Bonchev–Trinajstić information content (AvgIpc) is 2.16. The van der Waals surface area contributed by atoms with Gasteiger partial charge in [-0.2, -0.15) is 0 Å². The third-order valence-corrected chi connectivity index (χ3v) is 2.52. The SMILES string of the molecule is CC(C)c1cccc(C(C)C(=O)[O-])c1[O-].[Na+].[Na+]. The Kier molecular flexibility index (Phi) is 9.99. The van der Waals surface area contributed by atoms with E-state index in [1.165, 1.54) is 6.92 Å². The molecule has 5 heteroatoms. The van der Waals surface area contributed by atoms with Crippen molar-refractivity contribution in [2.75, 3.05) is 0 Å². The number of carbonyl (C=O) groups excluding carboxylic acids is 1. The predicted molar refractivity (Wildman–Crippen MR) is 53.4 cm³/mol. The molecule has 17 heavy (non-hydrogen) atoms. The number of carboxylic acids is 1. The summed E-state index contributed by atoms with van der Waals surface area (Å²) in [5, 5.41) is 22.5. The zero-order valence-electron chi connectivity index (χ0n) is 11.1. The Morgan fingerprint density at radius 1 is 1.12 bits per heavy atom. The van der Waals surface area contributed by atoms with Gasteiger partial charge in [-0.05, 0) is 11.5 Å². The van der Waals surface area contributed by atoms with Crippen molar-refractivity contribution in [1.29, 1.82) is 0 Å². The molecule has 0 heterocycles. The van der Waals surface area contributed by atoms with Crippen molar-refractivity contribution in [2.24, 2.45) is 0 Å². The van der Waals surface area contributed by atoms with E-state index in [0.717, 1.165) is 0 Å². The van der Waals surface area contributed by atoms with Gasteiger partial charge in [-0.15, -0.1) is 5.75 Å². The van der Waals surface area contributed by atoms with Crippen LogP contribution in [-0.2, 0) is 4.79 Å². The largest absolute Gasteiger partial charge is 1.00 e. The smallest absolute Gasteiger partial charge is 0.872 e. The van der Waals surface area contributed by atoms with Crippen LogP contribution in [0.25, 0.3) is 0 Å². The molecule has 82 valence electrons. The van der Waals surface area contributed by atoms with E-state index in [4.69, 9.17) is 0 Å². The molecule has 0 saturated carbocycles. The molecule has 0 amide bonds. The first-order valence-electron chi connectivity index (χ1n) is 4.95. The quantitative estimate of drug-likeness (QED) is 0.505. The van der Waals surface area contributed by atoms with E-state index in [-0.39, 0.29) is 70.8 Å². The Balaban J connectivity index is 0. The summed E-state index contributed by atoms with van der Waals surface area (Å²) < 4.78 is 0. The molecule has 1 aromatic rings. The molecule has 0 spiro atoms. The minimum atomic E-state index is -1.21. The molecule has 0 saturated heterocycles. The van der Waals surface area contributed by atoms with Crippen molar-refractivity contribution in [1.82, 2.24) is 0 Å². The van der Waals surface area contributed by atoms with Crippen LogP contribution in [0.2, 0.25) is 0 Å². The summed E-state index contributed by atoms with van der Waals surface area (Å²) in [7, 11) is 0. The van der Waals surface area contributed by atoms with Gasteiger partial charge in [-0.25, -0.2) is 0 Å². The first-order valence-corrected chi connectivity index (χ1v) is 4.95. The summed E-state index contributed by atoms with van der Waals surface area (Å²) in [6, 6.07) is 5.00. The van der Waals surface area contributed by atoms with Crippen LogP contribution in [0.1, 0.15) is 43.7 Å². The second kappa shape index (κ2) is 8.57. The van der Waals surface area contributed by atoms with Crippen LogP contribution in [0, 0.1) is 0 Å². The van der Waals surface area contributed by atoms with Gasteiger partial charge in [0.1, 0.15) is 0 Å². The summed E-state index contributed by atoms with van der Waals surface area (Å²) in [6.45, 7) is 5.28. The minimum absolute atomic E-state index is 0. The Bertz CT molecular complexity index is 378. The fourth-order valence-corrected chi connectivity index (χ4v) is 1.50. The van der Waals surface area contributed by atoms with Gasteiger partial charge >= 0.3 is 59.1 Å². The second-order valence-electron chi connectivity index (χ2n) is 3.96. The zero-order chi connectivity index (χ0) is 11.6. The summed E-state index contributed by atoms with van der Waals surface area (Å²) in [5.41, 5.74) is 0.960. The Morgan fingerprint density at radius 3 is 2.00 bits per heavy atom. The van der Waals surface area contributed by atoms with Gasteiger partial charge in [0.05, 0.1) is 0 Å². The average molecular weight is 252 g/mol. The van der Waals surface area contributed by atoms with E-state index < -0.39 is 11.9 Å². The van der Waals surface area contributed by atoms with E-state index in [1.54, 1.807) is 18.2 Å². The molecule has 3 nitrogen and oxygen atoms in total. The van der Waals surface area contributed by atoms with Gasteiger partial charge in [0.2, 0.25) is 0 Å². The van der Waals surface area contributed by atoms with Crippen LogP contribution in [0.4, 0.5) is 0 Å². The number of carbonyl (C=O) groups is 1. The van der Waals surface area contributed by atoms with Crippen LogP contribution in [0.5, 0.6) is 5.75 Å². The van der Waals surface area contributed by atoms with Crippen LogP contribution in [0.15, 0.2) is 18.2 Å². The van der Waals surface area contributed by atoms with Crippen LogP contribution in [0.3, 0.4) is 0 Å². The molecule has 1 unspecified atom stereocenters. The minimum Gasteiger partial charge on any atom is -0.872 e. The molecule has 1 aromatic carbocycles. The van der Waals surface area contributed by atoms with Crippen LogP contribution >= 0.6 is 0 Å². The van der Waals surface area contributed by atoms with Crippen molar-refractivity contribution in [3.05, 3.63) is 29.3 Å². The summed E-state index contributed by atoms with van der Waals surface area (Å²) in [6.07, 6.45) is 0. The van der Waals surface area contributed by atoms with E-state index in [9.17, 15) is 15.0 Å². The molecule has 0 N–H and O–H groups in total. The Hall–Kier alpha value is 0.490. The number of carboxylic acid groups (broad SMARTS) is 1. The van der Waals surface area contributed by atoms with E-state index >= 15 is 0 Å². The molecule has 1 rings (SSSR count). The molecule has 0 aromatic heterocycles. The van der Waals surface area contributed by atoms with Crippen molar-refractivity contribution in [3.63, 3.8) is 0 Å². The Labute approximate surface area is 146 Å². The van der Waals surface area contributed by atoms with Crippen molar-refractivity contribution >= 4 is 5.97 Å². The maximum Gasteiger partial charge on any atom is 1.00 e. The topological polar surface area (TPSA) is 63.2 Å². The van der Waals surface area contributed by atoms with Gasteiger partial charge in [0, 0.05) is 11.9 Å². The predicted octanol–water partition coefficient (Wildman–Crippen LogP) is -5.25. The zero-order valence-corrected chi connectivity index (χ0v) is 15.1. The van der Waals surface area contributed by atoms with E-state index in [2.05, 4.69) is 0 Å². The van der Waals surface area contributed by atoms with Crippen LogP contribution in [-0.4, -0.2) is 5.97 Å². The number of rotatable bonds is 3. The van der Waals surface area contributed by atoms with Gasteiger partial charge in [0.25, 0.3) is 0 Å². The second-order valence-corrected chi connectivity index (χ2v) is 3.96. The van der Waals surface area contributed by atoms with Crippen LogP contribution < -0.4 is 69.3 Å². The van der Waals surface area contributed by atoms with Crippen molar-refractivity contribution in [2.45, 2.75) is 32.6 Å². The van der Waals surface area contributed by atoms with Gasteiger partial charge in [-0.1, -0.05) is 44.5 Å². The third kappa shape index (κ3) is 4.93. The number of hydrogen-bond acceptors (Lipinski definition) is 3. The van der Waals surface area contributed by atoms with Gasteiger partial charge < -0.3 is 15.0 Å². The Morgan fingerprint density at radius 2 is 1.59 bits per heavy atom. The summed E-state index contributed by atoms with van der Waals surface area (Å²) in [4.78, 5) is 10.7. The molecular formula is C12H14Na2O3. The normalized spacial score (nSPS) is 11.3. The molecular weight excluding hydrogens is 238 g/mol. The first-order chi connectivity index (χ1) is 6.95. The molecule has 0 fully saturated rings. The molecule has 0 aliphatic heterocycles. The maximum absolute atomic E-state index is 11.9. The summed E-state index contributed by atoms with van der Waals surface area (Å²) in [5.74, 6) is -2.14. The number of para-hydroxylation sites is 1. The molecule has 0 aliphatic rings. The van der Waals surface area contributed by atoms with E-state index in [0.29, 0.717) is 11.1 Å². The summed E-state index contributed by atoms with van der Waals surface area (Å²) >= 11 is 0. The van der Waals surface area contributed by atoms with Gasteiger partial charge in [0.15, 0.2) is 0 Å². The fraction of sp³-hybridized carbons (Fsp3) is 0.417. The molecule has 0 radical (unpaired) electrons. The number of hydrogen-bond donors (Lipinski definition) is 0. The standard InChI is InChI=1S/C12H16O3.2Na/c1-7(2)9-5-4-6-10(11(9)13)8(3)12(14)15;;/h4-8,13H,1-3H3,(H,14,15);;/q;2*+1/p-2. The maximum atomic E-state index is 11.9. The van der Waals surface area contributed by atoms with Crippen molar-refractivity contribution in [3.8, 4) is 5.75 Å². The van der Waals surface area contributed by atoms with E-state index in [1.807, 2.05) is 13.8 Å². The monoisotopic (exact) mass is 252 g/mol. The molecule has 0 aliphatic carbocycles. The first kappa shape index (κ1) is 19.8. The number of aliphatic carboxylic acids is 1. The number of benzene rings is 1. The van der Waals surface area contributed by atoms with Gasteiger partial charge in [-0.3, -0.25) is 0 Å². The molecule has 1 atom stereocenters.